The van der Waals surface area contributed by atoms with Gasteiger partial charge >= 0.3 is 5.97 Å². The van der Waals surface area contributed by atoms with Crippen LogP contribution in [-0.2, 0) is 19.1 Å². The van der Waals surface area contributed by atoms with Gasteiger partial charge in [-0.25, -0.2) is 0 Å². The number of esters is 1. The molecule has 0 aliphatic carbocycles. The van der Waals surface area contributed by atoms with Crippen molar-refractivity contribution >= 4 is 11.8 Å². The molecule has 0 aromatic rings. The molecule has 19 heavy (non-hydrogen) atoms. The van der Waals surface area contributed by atoms with Crippen LogP contribution in [0.4, 0.5) is 0 Å². The first-order valence-corrected chi connectivity index (χ1v) is 7.16. The molecule has 0 N–H and O–H groups in total. The lowest BCUT2D eigenvalue weighted by molar-refractivity contribution is -0.143. The van der Waals surface area contributed by atoms with Crippen molar-refractivity contribution < 1.29 is 19.1 Å². The van der Waals surface area contributed by atoms with Crippen LogP contribution in [0.25, 0.3) is 0 Å². The second kappa shape index (κ2) is 9.73. The third-order valence-electron chi connectivity index (χ3n) is 3.06. The number of Topliss-reactive ketones (excluding diaryl/α,β-unsaturated/α-hetero) is 1. The Morgan fingerprint density at radius 2 is 2.00 bits per heavy atom. The molecule has 0 amide bonds. The minimum Gasteiger partial charge on any atom is -0.466 e. The molecule has 0 aromatic heterocycles. The van der Waals surface area contributed by atoms with Crippen LogP contribution in [0.1, 0.15) is 51.9 Å². The quantitative estimate of drug-likeness (QED) is 0.476. The Bertz CT molecular complexity index is 303. The van der Waals surface area contributed by atoms with Crippen molar-refractivity contribution in [3.05, 3.63) is 12.2 Å². The largest absolute Gasteiger partial charge is 0.466 e. The van der Waals surface area contributed by atoms with Gasteiger partial charge in [0.05, 0.1) is 12.7 Å². The van der Waals surface area contributed by atoms with Gasteiger partial charge in [-0.2, -0.15) is 0 Å². The molecule has 4 nitrogen and oxygen atoms in total. The van der Waals surface area contributed by atoms with E-state index in [0.717, 1.165) is 25.9 Å². The Kier molecular flexibility index (Phi) is 8.14. The van der Waals surface area contributed by atoms with E-state index in [1.54, 1.807) is 6.92 Å². The monoisotopic (exact) mass is 268 g/mol. The maximum absolute atomic E-state index is 11.6. The zero-order chi connectivity index (χ0) is 13.9. The third-order valence-corrected chi connectivity index (χ3v) is 3.06. The summed E-state index contributed by atoms with van der Waals surface area (Å²) in [6.45, 7) is 3.03. The van der Waals surface area contributed by atoms with E-state index in [9.17, 15) is 9.59 Å². The van der Waals surface area contributed by atoms with Gasteiger partial charge in [0.2, 0.25) is 0 Å². The van der Waals surface area contributed by atoms with Gasteiger partial charge in [-0.15, -0.1) is 0 Å². The zero-order valence-corrected chi connectivity index (χ0v) is 11.7. The summed E-state index contributed by atoms with van der Waals surface area (Å²) in [5, 5.41) is 0. The Morgan fingerprint density at radius 3 is 2.63 bits per heavy atom. The predicted octanol–water partition coefficient (Wildman–Crippen LogP) is 2.80. The molecule has 1 aliphatic heterocycles. The Labute approximate surface area is 115 Å². The van der Waals surface area contributed by atoms with Crippen molar-refractivity contribution in [1.82, 2.24) is 0 Å². The highest BCUT2D eigenvalue weighted by molar-refractivity contribution is 5.79. The minimum atomic E-state index is -0.165. The van der Waals surface area contributed by atoms with Crippen molar-refractivity contribution in [2.45, 2.75) is 58.0 Å². The molecule has 0 aromatic carbocycles. The summed E-state index contributed by atoms with van der Waals surface area (Å²) < 4.78 is 10.2. The molecule has 0 radical (unpaired) electrons. The fourth-order valence-electron chi connectivity index (χ4n) is 2.08. The summed E-state index contributed by atoms with van der Waals surface area (Å²) in [5.41, 5.74) is 0. The lowest BCUT2D eigenvalue weighted by Crippen LogP contribution is -2.11. The molecule has 4 heteroatoms. The summed E-state index contributed by atoms with van der Waals surface area (Å²) >= 11 is 0. The molecule has 0 bridgehead atoms. The van der Waals surface area contributed by atoms with Crippen LogP contribution < -0.4 is 0 Å². The molecule has 1 atom stereocenters. The first-order chi connectivity index (χ1) is 9.22. The van der Waals surface area contributed by atoms with Crippen molar-refractivity contribution in [2.75, 3.05) is 13.2 Å². The van der Waals surface area contributed by atoms with Crippen molar-refractivity contribution in [2.24, 2.45) is 0 Å². The molecule has 108 valence electrons. The van der Waals surface area contributed by atoms with Crippen molar-refractivity contribution in [3.8, 4) is 0 Å². The van der Waals surface area contributed by atoms with E-state index in [2.05, 4.69) is 0 Å². The van der Waals surface area contributed by atoms with Crippen LogP contribution in [-0.4, -0.2) is 31.1 Å². The second-order valence-corrected chi connectivity index (χ2v) is 4.73. The standard InChI is InChI=1S/C15H24O4/c1-2-18-15(17)10-6-4-3-5-8-13(16)12-14-9-7-11-19-14/h3-4,14H,2,5-12H2,1H3/b4-3+. The van der Waals surface area contributed by atoms with Gasteiger partial charge in [0.15, 0.2) is 0 Å². The molecule has 1 unspecified atom stereocenters. The number of allylic oxidation sites excluding steroid dienone is 2. The summed E-state index contributed by atoms with van der Waals surface area (Å²) in [5.74, 6) is 0.101. The fourth-order valence-corrected chi connectivity index (χ4v) is 2.08. The minimum absolute atomic E-state index is 0.153. The van der Waals surface area contributed by atoms with Crippen LogP contribution in [0.15, 0.2) is 12.2 Å². The van der Waals surface area contributed by atoms with Crippen LogP contribution in [0, 0.1) is 0 Å². The van der Waals surface area contributed by atoms with Crippen LogP contribution in [0.3, 0.4) is 0 Å². The van der Waals surface area contributed by atoms with Gasteiger partial charge in [-0.3, -0.25) is 9.59 Å². The molecule has 1 aliphatic rings. The highest BCUT2D eigenvalue weighted by Crippen LogP contribution is 2.16. The highest BCUT2D eigenvalue weighted by Gasteiger charge is 2.18. The topological polar surface area (TPSA) is 52.6 Å². The molecular weight excluding hydrogens is 244 g/mol. The van der Waals surface area contributed by atoms with Gasteiger partial charge in [0, 0.05) is 25.9 Å². The summed E-state index contributed by atoms with van der Waals surface area (Å²) in [6.07, 6.45) is 9.10. The number of hydrogen-bond acceptors (Lipinski definition) is 4. The van der Waals surface area contributed by atoms with Gasteiger partial charge in [-0.1, -0.05) is 12.2 Å². The van der Waals surface area contributed by atoms with Crippen molar-refractivity contribution in [1.29, 1.82) is 0 Å². The normalized spacial score (nSPS) is 18.9. The van der Waals surface area contributed by atoms with Gasteiger partial charge < -0.3 is 9.47 Å². The number of rotatable bonds is 9. The number of carbonyl (C=O) groups is 2. The average molecular weight is 268 g/mol. The number of ether oxygens (including phenoxy) is 2. The van der Waals surface area contributed by atoms with E-state index < -0.39 is 0 Å². The Hall–Kier alpha value is -1.16. The van der Waals surface area contributed by atoms with Crippen LogP contribution in [0.5, 0.6) is 0 Å². The lowest BCUT2D eigenvalue weighted by atomic mass is 10.1. The number of carbonyl (C=O) groups excluding carboxylic acids is 2. The van der Waals surface area contributed by atoms with E-state index in [-0.39, 0.29) is 17.9 Å². The maximum atomic E-state index is 11.6. The molecule has 0 spiro atoms. The molecule has 0 saturated carbocycles. The van der Waals surface area contributed by atoms with Gasteiger partial charge in [-0.05, 0) is 32.6 Å². The molecule has 1 saturated heterocycles. The van der Waals surface area contributed by atoms with E-state index in [4.69, 9.17) is 9.47 Å². The summed E-state index contributed by atoms with van der Waals surface area (Å²) in [7, 11) is 0. The molecular formula is C15H24O4. The van der Waals surface area contributed by atoms with E-state index in [0.29, 0.717) is 32.3 Å². The number of ketones is 1. The molecule has 1 heterocycles. The first-order valence-electron chi connectivity index (χ1n) is 7.16. The van der Waals surface area contributed by atoms with Gasteiger partial charge in [0.1, 0.15) is 5.78 Å². The summed E-state index contributed by atoms with van der Waals surface area (Å²) in [6, 6.07) is 0. The molecule has 1 rings (SSSR count). The smallest absolute Gasteiger partial charge is 0.306 e. The Morgan fingerprint density at radius 1 is 1.26 bits per heavy atom. The highest BCUT2D eigenvalue weighted by atomic mass is 16.5. The van der Waals surface area contributed by atoms with Crippen LogP contribution in [0.2, 0.25) is 0 Å². The summed E-state index contributed by atoms with van der Waals surface area (Å²) in [4.78, 5) is 22.7. The second-order valence-electron chi connectivity index (χ2n) is 4.73. The third kappa shape index (κ3) is 7.78. The van der Waals surface area contributed by atoms with E-state index >= 15 is 0 Å². The number of hydrogen-bond donors (Lipinski definition) is 0. The van der Waals surface area contributed by atoms with Gasteiger partial charge in [0.25, 0.3) is 0 Å². The zero-order valence-electron chi connectivity index (χ0n) is 11.7. The van der Waals surface area contributed by atoms with Crippen molar-refractivity contribution in [3.63, 3.8) is 0 Å². The van der Waals surface area contributed by atoms with Crippen LogP contribution >= 0.6 is 0 Å². The van der Waals surface area contributed by atoms with E-state index in [1.807, 2.05) is 12.2 Å². The SMILES string of the molecule is CCOC(=O)CC/C=C/CCC(=O)CC1CCCO1. The Balaban J connectivity index is 1.99. The lowest BCUT2D eigenvalue weighted by Gasteiger charge is -2.06. The average Bonchev–Trinajstić information content (AvgIpc) is 2.86. The first kappa shape index (κ1) is 15.9. The predicted molar refractivity (Wildman–Crippen MR) is 72.8 cm³/mol. The van der Waals surface area contributed by atoms with E-state index in [1.165, 1.54) is 0 Å². The maximum Gasteiger partial charge on any atom is 0.306 e. The molecule has 1 fully saturated rings. The fraction of sp³-hybridized carbons (Fsp3) is 0.733.